The smallest absolute Gasteiger partial charge is 0.0605 e. The molecule has 0 fully saturated rings. The molecule has 0 amide bonds. The summed E-state index contributed by atoms with van der Waals surface area (Å²) in [4.78, 5) is 0. The lowest BCUT2D eigenvalue weighted by Crippen LogP contribution is -2.19. The van der Waals surface area contributed by atoms with Crippen LogP contribution < -0.4 is 0 Å². The molecule has 0 rings (SSSR count). The maximum absolute atomic E-state index is 2.28. The lowest BCUT2D eigenvalue weighted by Gasteiger charge is -2.30. The van der Waals surface area contributed by atoms with Crippen molar-refractivity contribution < 1.29 is 0 Å². The average Bonchev–Trinajstić information content (AvgIpc) is 2.20. The van der Waals surface area contributed by atoms with E-state index in [9.17, 15) is 0 Å². The fourth-order valence-electron chi connectivity index (χ4n) is 1.51. The third-order valence-electron chi connectivity index (χ3n) is 2.57. The number of hydrogen-bond donors (Lipinski definition) is 0. The van der Waals surface area contributed by atoms with Crippen molar-refractivity contribution in [2.45, 2.75) is 56.5 Å². The SMILES string of the molecule is CCCCC(CCCC)(SC)SC. The van der Waals surface area contributed by atoms with Gasteiger partial charge < -0.3 is 0 Å². The van der Waals surface area contributed by atoms with Gasteiger partial charge in [0.05, 0.1) is 4.08 Å². The van der Waals surface area contributed by atoms with Crippen LogP contribution in [0.2, 0.25) is 0 Å². The number of hydrogen-bond acceptors (Lipinski definition) is 2. The van der Waals surface area contributed by atoms with Crippen molar-refractivity contribution in [1.29, 1.82) is 0 Å². The van der Waals surface area contributed by atoms with Crippen LogP contribution in [-0.4, -0.2) is 16.6 Å². The summed E-state index contributed by atoms with van der Waals surface area (Å²) in [7, 11) is 0. The van der Waals surface area contributed by atoms with E-state index in [1.807, 2.05) is 0 Å². The normalized spacial score (nSPS) is 12.0. The lowest BCUT2D eigenvalue weighted by molar-refractivity contribution is 0.586. The van der Waals surface area contributed by atoms with Crippen LogP contribution >= 0.6 is 23.5 Å². The van der Waals surface area contributed by atoms with E-state index in [1.54, 1.807) is 0 Å². The Morgan fingerprint density at radius 3 is 1.46 bits per heavy atom. The van der Waals surface area contributed by atoms with E-state index in [0.29, 0.717) is 4.08 Å². The monoisotopic (exact) mass is 220 g/mol. The van der Waals surface area contributed by atoms with Crippen molar-refractivity contribution in [2.75, 3.05) is 12.5 Å². The highest BCUT2D eigenvalue weighted by molar-refractivity contribution is 8.17. The zero-order chi connectivity index (χ0) is 10.2. The molecule has 0 aliphatic carbocycles. The fourth-order valence-corrected chi connectivity index (χ4v) is 3.57. The molecule has 0 heterocycles. The van der Waals surface area contributed by atoms with Gasteiger partial charge in [0.15, 0.2) is 0 Å². The predicted octanol–water partition coefficient (Wildman–Crippen LogP) is 4.79. The van der Waals surface area contributed by atoms with Gasteiger partial charge in [-0.05, 0) is 25.4 Å². The van der Waals surface area contributed by atoms with Crippen molar-refractivity contribution in [3.05, 3.63) is 0 Å². The molecule has 0 saturated carbocycles. The highest BCUT2D eigenvalue weighted by atomic mass is 32.2. The minimum atomic E-state index is 0.520. The molecule has 0 radical (unpaired) electrons. The average molecular weight is 220 g/mol. The second-order valence-electron chi connectivity index (χ2n) is 3.53. The Hall–Kier alpha value is 0.700. The van der Waals surface area contributed by atoms with Crippen LogP contribution in [0.5, 0.6) is 0 Å². The summed E-state index contributed by atoms with van der Waals surface area (Å²) in [5.41, 5.74) is 0. The molecular weight excluding hydrogens is 196 g/mol. The summed E-state index contributed by atoms with van der Waals surface area (Å²) in [6.07, 6.45) is 12.7. The Labute approximate surface area is 92.6 Å². The zero-order valence-electron chi connectivity index (χ0n) is 9.56. The first-order chi connectivity index (χ1) is 6.24. The lowest BCUT2D eigenvalue weighted by atomic mass is 10.1. The van der Waals surface area contributed by atoms with Gasteiger partial charge in [-0.2, -0.15) is 0 Å². The van der Waals surface area contributed by atoms with Crippen LogP contribution in [0, 0.1) is 0 Å². The molecule has 0 aromatic heterocycles. The highest BCUT2D eigenvalue weighted by Gasteiger charge is 2.26. The van der Waals surface area contributed by atoms with Gasteiger partial charge in [-0.3, -0.25) is 0 Å². The van der Waals surface area contributed by atoms with E-state index in [0.717, 1.165) is 0 Å². The largest absolute Gasteiger partial charge is 0.148 e. The summed E-state index contributed by atoms with van der Waals surface area (Å²) >= 11 is 4.12. The van der Waals surface area contributed by atoms with E-state index in [-0.39, 0.29) is 0 Å². The first-order valence-corrected chi connectivity index (χ1v) is 7.80. The van der Waals surface area contributed by atoms with E-state index in [4.69, 9.17) is 0 Å². The second kappa shape index (κ2) is 8.05. The van der Waals surface area contributed by atoms with Crippen molar-refractivity contribution in [1.82, 2.24) is 0 Å². The molecule has 0 unspecified atom stereocenters. The van der Waals surface area contributed by atoms with Crippen LogP contribution in [0.25, 0.3) is 0 Å². The summed E-state index contributed by atoms with van der Waals surface area (Å²) in [5.74, 6) is 0. The Bertz CT molecular complexity index is 98.7. The van der Waals surface area contributed by atoms with Gasteiger partial charge in [0.25, 0.3) is 0 Å². The van der Waals surface area contributed by atoms with Crippen molar-refractivity contribution >= 4 is 23.5 Å². The van der Waals surface area contributed by atoms with Gasteiger partial charge in [0.1, 0.15) is 0 Å². The van der Waals surface area contributed by atoms with E-state index in [2.05, 4.69) is 49.9 Å². The van der Waals surface area contributed by atoms with Crippen molar-refractivity contribution in [3.63, 3.8) is 0 Å². The van der Waals surface area contributed by atoms with Crippen LogP contribution in [0.3, 0.4) is 0 Å². The van der Waals surface area contributed by atoms with Crippen LogP contribution in [0.1, 0.15) is 52.4 Å². The molecule has 0 atom stereocenters. The molecule has 2 heteroatoms. The van der Waals surface area contributed by atoms with Gasteiger partial charge >= 0.3 is 0 Å². The number of rotatable bonds is 8. The quantitative estimate of drug-likeness (QED) is 0.539. The number of unbranched alkanes of at least 4 members (excludes halogenated alkanes) is 2. The van der Waals surface area contributed by atoms with Gasteiger partial charge in [-0.25, -0.2) is 0 Å². The van der Waals surface area contributed by atoms with Crippen molar-refractivity contribution in [2.24, 2.45) is 0 Å². The molecule has 0 N–H and O–H groups in total. The molecule has 0 aliphatic rings. The Kier molecular flexibility index (Phi) is 8.48. The molecule has 0 nitrogen and oxygen atoms in total. The van der Waals surface area contributed by atoms with Gasteiger partial charge in [-0.15, -0.1) is 23.5 Å². The molecular formula is C11H24S2. The van der Waals surface area contributed by atoms with E-state index >= 15 is 0 Å². The molecule has 80 valence electrons. The van der Waals surface area contributed by atoms with Crippen LogP contribution in [0.4, 0.5) is 0 Å². The van der Waals surface area contributed by atoms with Crippen molar-refractivity contribution in [3.8, 4) is 0 Å². The first kappa shape index (κ1) is 13.7. The molecule has 0 aromatic rings. The maximum Gasteiger partial charge on any atom is 0.0605 e. The highest BCUT2D eigenvalue weighted by Crippen LogP contribution is 2.42. The topological polar surface area (TPSA) is 0 Å². The maximum atomic E-state index is 2.28. The molecule has 13 heavy (non-hydrogen) atoms. The minimum absolute atomic E-state index is 0.520. The molecule has 0 aromatic carbocycles. The number of thioether (sulfide) groups is 2. The van der Waals surface area contributed by atoms with Gasteiger partial charge in [0.2, 0.25) is 0 Å². The van der Waals surface area contributed by atoms with E-state index in [1.165, 1.54) is 38.5 Å². The molecule has 0 spiro atoms. The van der Waals surface area contributed by atoms with Gasteiger partial charge in [-0.1, -0.05) is 39.5 Å². The summed E-state index contributed by atoms with van der Waals surface area (Å²) < 4.78 is 0.520. The third kappa shape index (κ3) is 5.21. The van der Waals surface area contributed by atoms with Crippen LogP contribution in [0.15, 0.2) is 0 Å². The second-order valence-corrected chi connectivity index (χ2v) is 6.16. The zero-order valence-corrected chi connectivity index (χ0v) is 11.2. The Balaban J connectivity index is 3.97. The van der Waals surface area contributed by atoms with E-state index < -0.39 is 0 Å². The standard InChI is InChI=1S/C11H24S2/c1-5-7-9-11(12-3,13-4)10-8-6-2/h5-10H2,1-4H3. The molecule has 0 aliphatic heterocycles. The fraction of sp³-hybridized carbons (Fsp3) is 1.00. The predicted molar refractivity (Wildman–Crippen MR) is 68.8 cm³/mol. The van der Waals surface area contributed by atoms with Crippen LogP contribution in [-0.2, 0) is 0 Å². The molecule has 0 bridgehead atoms. The minimum Gasteiger partial charge on any atom is -0.148 e. The first-order valence-electron chi connectivity index (χ1n) is 5.35. The Morgan fingerprint density at radius 1 is 0.846 bits per heavy atom. The molecule has 0 saturated heterocycles. The third-order valence-corrected chi connectivity index (χ3v) is 5.87. The van der Waals surface area contributed by atoms with Gasteiger partial charge in [0, 0.05) is 0 Å². The summed E-state index contributed by atoms with van der Waals surface area (Å²) in [5, 5.41) is 0. The Morgan fingerprint density at radius 2 is 1.23 bits per heavy atom. The summed E-state index contributed by atoms with van der Waals surface area (Å²) in [6, 6.07) is 0. The summed E-state index contributed by atoms with van der Waals surface area (Å²) in [6.45, 7) is 4.57.